The van der Waals surface area contributed by atoms with E-state index in [4.69, 9.17) is 16.3 Å². The molecule has 1 aromatic heterocycles. The van der Waals surface area contributed by atoms with Crippen LogP contribution in [0.4, 0.5) is 35.5 Å². The van der Waals surface area contributed by atoms with E-state index in [-0.39, 0.29) is 47.6 Å². The van der Waals surface area contributed by atoms with E-state index in [2.05, 4.69) is 4.98 Å². The summed E-state index contributed by atoms with van der Waals surface area (Å²) in [6.45, 7) is -0.673. The molecule has 2 heterocycles. The van der Waals surface area contributed by atoms with Gasteiger partial charge in [-0.25, -0.2) is 14.2 Å². The molecule has 1 saturated heterocycles. The molecule has 2 aromatic carbocycles. The Morgan fingerprint density at radius 1 is 0.881 bits per heavy atom. The summed E-state index contributed by atoms with van der Waals surface area (Å²) in [7, 11) is 0. The number of carbonyl (C=O) groups is 1. The Bertz CT molecular complexity index is 1450. The van der Waals surface area contributed by atoms with E-state index in [1.165, 1.54) is 18.2 Å². The summed E-state index contributed by atoms with van der Waals surface area (Å²) in [6, 6.07) is 8.68. The van der Waals surface area contributed by atoms with Crippen molar-refractivity contribution in [3.05, 3.63) is 87.4 Å². The Morgan fingerprint density at radius 2 is 1.52 bits per heavy atom. The minimum absolute atomic E-state index is 0.00166. The van der Waals surface area contributed by atoms with Crippen molar-refractivity contribution < 1.29 is 45.4 Å². The maximum atomic E-state index is 15.1. The van der Waals surface area contributed by atoms with Crippen LogP contribution in [0.5, 0.6) is 0 Å². The average molecular weight is 617 g/mol. The molecule has 5 rings (SSSR count). The highest BCUT2D eigenvalue weighted by atomic mass is 35.5. The zero-order chi connectivity index (χ0) is 30.4. The highest BCUT2D eigenvalue weighted by Gasteiger charge is 2.40. The van der Waals surface area contributed by atoms with Gasteiger partial charge in [0.15, 0.2) is 0 Å². The second-order valence-electron chi connectivity index (χ2n) is 10.5. The molecule has 0 bridgehead atoms. The second-order valence-corrected chi connectivity index (χ2v) is 10.9. The fourth-order valence-electron chi connectivity index (χ4n) is 5.41. The molecular formula is C29H24ClF7N2O3. The number of nitrogens with zero attached hydrogens (tertiary/aromatic N) is 2. The van der Waals surface area contributed by atoms with Crippen molar-refractivity contribution in [2.24, 2.45) is 0 Å². The predicted molar refractivity (Wildman–Crippen MR) is 138 cm³/mol. The third-order valence-corrected chi connectivity index (χ3v) is 7.81. The number of carbonyl (C=O) groups excluding carboxylic acids is 1. The van der Waals surface area contributed by atoms with Crippen molar-refractivity contribution >= 4 is 17.7 Å². The standard InChI is InChI=1S/C29H24ClF7N2O3/c30-26-8-6-21(22-11-16(3-7-23(22)31)15-1-4-20(40)5-2-15)24(38-26)13-39-14-25(42-27(39)41)17-9-18(28(32,33)34)12-19(10-17)29(35,36)37/h3,6-12,15,20,25,40H,1-2,4-5,13-14H2/t15?,20?,25-/m0/s1. The summed E-state index contributed by atoms with van der Waals surface area (Å²) in [5.74, 6) is -0.453. The quantitative estimate of drug-likeness (QED) is 0.231. The lowest BCUT2D eigenvalue weighted by atomic mass is 9.82. The van der Waals surface area contributed by atoms with Crippen LogP contribution in [0.25, 0.3) is 11.1 Å². The van der Waals surface area contributed by atoms with Crippen LogP contribution >= 0.6 is 11.6 Å². The topological polar surface area (TPSA) is 62.7 Å². The summed E-state index contributed by atoms with van der Waals surface area (Å²) >= 11 is 6.10. The second kappa shape index (κ2) is 11.4. The summed E-state index contributed by atoms with van der Waals surface area (Å²) in [5, 5.41) is 9.87. The third-order valence-electron chi connectivity index (χ3n) is 7.60. The maximum absolute atomic E-state index is 15.1. The van der Waals surface area contributed by atoms with Gasteiger partial charge in [0.1, 0.15) is 17.1 Å². The maximum Gasteiger partial charge on any atom is 0.416 e. The molecule has 42 heavy (non-hydrogen) atoms. The molecule has 1 atom stereocenters. The number of pyridine rings is 1. The fourth-order valence-corrected chi connectivity index (χ4v) is 5.57. The van der Waals surface area contributed by atoms with E-state index in [1.807, 2.05) is 0 Å². The van der Waals surface area contributed by atoms with Gasteiger partial charge in [0.2, 0.25) is 0 Å². The highest BCUT2D eigenvalue weighted by Crippen LogP contribution is 2.40. The van der Waals surface area contributed by atoms with Crippen LogP contribution in [-0.4, -0.2) is 33.7 Å². The minimum atomic E-state index is -5.06. The van der Waals surface area contributed by atoms with E-state index in [0.717, 1.165) is 23.3 Å². The van der Waals surface area contributed by atoms with Gasteiger partial charge in [-0.3, -0.25) is 4.90 Å². The molecule has 0 unspecified atom stereocenters. The Morgan fingerprint density at radius 3 is 2.14 bits per heavy atom. The number of benzene rings is 2. The smallest absolute Gasteiger partial charge is 0.416 e. The summed E-state index contributed by atoms with van der Waals surface area (Å²) in [4.78, 5) is 18.0. The van der Waals surface area contributed by atoms with Crippen LogP contribution in [-0.2, 0) is 23.6 Å². The Hall–Kier alpha value is -3.38. The van der Waals surface area contributed by atoms with E-state index in [0.29, 0.717) is 30.5 Å². The van der Waals surface area contributed by atoms with Crippen LogP contribution in [0.1, 0.15) is 65.7 Å². The third kappa shape index (κ3) is 6.49. The number of cyclic esters (lactones) is 1. The lowest BCUT2D eigenvalue weighted by Gasteiger charge is -2.26. The first kappa shape index (κ1) is 30.1. The molecule has 0 spiro atoms. The van der Waals surface area contributed by atoms with Crippen molar-refractivity contribution in [2.45, 2.75) is 62.7 Å². The molecule has 1 saturated carbocycles. The van der Waals surface area contributed by atoms with E-state index in [9.17, 15) is 36.2 Å². The molecule has 5 nitrogen and oxygen atoms in total. The SMILES string of the molecule is O=C1O[C@H](c2cc(C(F)(F)F)cc(C(F)(F)F)c2)CN1Cc1nc(Cl)ccc1-c1cc(C2CCC(O)CC2)ccc1F. The number of aromatic nitrogens is 1. The van der Waals surface area contributed by atoms with E-state index in [1.54, 1.807) is 12.1 Å². The molecule has 1 aliphatic carbocycles. The van der Waals surface area contributed by atoms with Gasteiger partial charge in [-0.15, -0.1) is 0 Å². The first-order valence-electron chi connectivity index (χ1n) is 13.1. The molecule has 13 heteroatoms. The summed E-state index contributed by atoms with van der Waals surface area (Å²) in [5.41, 5.74) is -1.99. The number of aliphatic hydroxyl groups is 1. The number of rotatable bonds is 5. The molecule has 224 valence electrons. The highest BCUT2D eigenvalue weighted by molar-refractivity contribution is 6.29. The zero-order valence-electron chi connectivity index (χ0n) is 21.8. The van der Waals surface area contributed by atoms with Gasteiger partial charge >= 0.3 is 18.4 Å². The van der Waals surface area contributed by atoms with Crippen LogP contribution in [0.3, 0.4) is 0 Å². The lowest BCUT2D eigenvalue weighted by Crippen LogP contribution is -2.25. The average Bonchev–Trinajstić information content (AvgIpc) is 3.28. The summed E-state index contributed by atoms with van der Waals surface area (Å²) in [6.07, 6.45) is -10.2. The molecule has 2 aliphatic rings. The monoisotopic (exact) mass is 616 g/mol. The van der Waals surface area contributed by atoms with Crippen molar-refractivity contribution in [3.8, 4) is 11.1 Å². The van der Waals surface area contributed by atoms with Crippen molar-refractivity contribution in [1.82, 2.24) is 9.88 Å². The van der Waals surface area contributed by atoms with E-state index < -0.39 is 47.1 Å². The molecule has 3 aromatic rings. The van der Waals surface area contributed by atoms with Gasteiger partial charge in [-0.05, 0) is 85.2 Å². The largest absolute Gasteiger partial charge is 0.439 e. The van der Waals surface area contributed by atoms with Gasteiger partial charge in [0, 0.05) is 11.1 Å². The number of hydrogen-bond acceptors (Lipinski definition) is 4. The minimum Gasteiger partial charge on any atom is -0.439 e. The van der Waals surface area contributed by atoms with Gasteiger partial charge < -0.3 is 9.84 Å². The van der Waals surface area contributed by atoms with Gasteiger partial charge in [-0.1, -0.05) is 17.7 Å². The molecule has 0 radical (unpaired) electrons. The lowest BCUT2D eigenvalue weighted by molar-refractivity contribution is -0.143. The van der Waals surface area contributed by atoms with Crippen molar-refractivity contribution in [1.29, 1.82) is 0 Å². The molecule has 2 fully saturated rings. The Balaban J connectivity index is 1.43. The van der Waals surface area contributed by atoms with Gasteiger partial charge in [0.25, 0.3) is 0 Å². The Kier molecular flexibility index (Phi) is 8.14. The molecule has 1 amide bonds. The molecular weight excluding hydrogens is 593 g/mol. The first-order chi connectivity index (χ1) is 19.7. The van der Waals surface area contributed by atoms with Gasteiger partial charge in [0.05, 0.1) is 36.0 Å². The van der Waals surface area contributed by atoms with E-state index >= 15 is 4.39 Å². The predicted octanol–water partition coefficient (Wildman–Crippen LogP) is 8.29. The number of alkyl halides is 6. The number of amides is 1. The number of aliphatic hydroxyl groups excluding tert-OH is 1. The molecule has 1 N–H and O–H groups in total. The van der Waals surface area contributed by atoms with Crippen LogP contribution in [0, 0.1) is 5.82 Å². The number of ether oxygens (including phenoxy) is 1. The summed E-state index contributed by atoms with van der Waals surface area (Å²) < 4.78 is 100. The normalized spacial score (nSPS) is 21.5. The fraction of sp³-hybridized carbons (Fsp3) is 0.379. The van der Waals surface area contributed by atoms with Gasteiger partial charge in [-0.2, -0.15) is 26.3 Å². The van der Waals surface area contributed by atoms with Crippen LogP contribution in [0.2, 0.25) is 5.15 Å². The van der Waals surface area contributed by atoms with Crippen LogP contribution < -0.4 is 0 Å². The van der Waals surface area contributed by atoms with Crippen molar-refractivity contribution in [2.75, 3.05) is 6.54 Å². The number of halogens is 8. The molecule has 1 aliphatic heterocycles. The van der Waals surface area contributed by atoms with Crippen molar-refractivity contribution in [3.63, 3.8) is 0 Å². The number of hydrogen-bond donors (Lipinski definition) is 1. The Labute approximate surface area is 240 Å². The van der Waals surface area contributed by atoms with Crippen LogP contribution in [0.15, 0.2) is 48.5 Å². The zero-order valence-corrected chi connectivity index (χ0v) is 22.5. The first-order valence-corrected chi connectivity index (χ1v) is 13.4.